The number of sulfone groups is 1. The van der Waals surface area contributed by atoms with Crippen LogP contribution in [0.2, 0.25) is 0 Å². The molecular weight excluding hydrogens is 360 g/mol. The van der Waals surface area contributed by atoms with Crippen LogP contribution in [0.5, 0.6) is 0 Å². The highest BCUT2D eigenvalue weighted by Crippen LogP contribution is 2.46. The molecule has 142 valence electrons. The van der Waals surface area contributed by atoms with E-state index in [0.29, 0.717) is 13.2 Å². The minimum absolute atomic E-state index is 0.0265. The third-order valence-corrected chi connectivity index (χ3v) is 7.87. The van der Waals surface area contributed by atoms with Crippen molar-refractivity contribution in [3.8, 4) is 0 Å². The molecular formula is C18H22O7S. The molecule has 1 aliphatic heterocycles. The Labute approximate surface area is 152 Å². The fourth-order valence-electron chi connectivity index (χ4n) is 3.87. The van der Waals surface area contributed by atoms with Crippen molar-refractivity contribution in [2.45, 2.75) is 35.7 Å². The second-order valence-electron chi connectivity index (χ2n) is 6.69. The number of hydrogen-bond donors (Lipinski definition) is 0. The molecule has 3 atom stereocenters. The molecule has 3 rings (SSSR count). The van der Waals surface area contributed by atoms with Crippen molar-refractivity contribution >= 4 is 21.6 Å². The fourth-order valence-corrected chi connectivity index (χ4v) is 6.12. The van der Waals surface area contributed by atoms with Crippen LogP contribution in [0.3, 0.4) is 0 Å². The van der Waals surface area contributed by atoms with Crippen LogP contribution >= 0.6 is 0 Å². The lowest BCUT2D eigenvalue weighted by Crippen LogP contribution is -2.59. The molecule has 1 aliphatic carbocycles. The van der Waals surface area contributed by atoms with Gasteiger partial charge in [-0.1, -0.05) is 25.1 Å². The zero-order valence-corrected chi connectivity index (χ0v) is 15.5. The number of ether oxygens (including phenoxy) is 3. The van der Waals surface area contributed by atoms with Crippen molar-refractivity contribution in [1.29, 1.82) is 0 Å². The maximum Gasteiger partial charge on any atom is 0.327 e. The van der Waals surface area contributed by atoms with Gasteiger partial charge in [0.05, 0.1) is 31.1 Å². The monoisotopic (exact) mass is 382 g/mol. The second kappa shape index (κ2) is 7.09. The summed E-state index contributed by atoms with van der Waals surface area (Å²) in [6, 6.07) is 7.77. The number of carbonyl (C=O) groups is 2. The highest BCUT2D eigenvalue weighted by molar-refractivity contribution is 7.93. The highest BCUT2D eigenvalue weighted by Gasteiger charge is 2.62. The van der Waals surface area contributed by atoms with Crippen LogP contribution < -0.4 is 0 Å². The van der Waals surface area contributed by atoms with E-state index in [2.05, 4.69) is 0 Å². The summed E-state index contributed by atoms with van der Waals surface area (Å²) in [6.07, 6.45) is -1.11. The maximum atomic E-state index is 13.5. The number of carbonyl (C=O) groups excluding carboxylic acids is 2. The lowest BCUT2D eigenvalue weighted by Gasteiger charge is -2.42. The van der Waals surface area contributed by atoms with Gasteiger partial charge in [0.1, 0.15) is 5.78 Å². The summed E-state index contributed by atoms with van der Waals surface area (Å²) in [4.78, 5) is 25.4. The van der Waals surface area contributed by atoms with Gasteiger partial charge in [0.25, 0.3) is 0 Å². The van der Waals surface area contributed by atoms with Gasteiger partial charge in [-0.2, -0.15) is 0 Å². The van der Waals surface area contributed by atoms with Crippen molar-refractivity contribution in [2.24, 2.45) is 11.8 Å². The molecule has 0 bridgehead atoms. The molecule has 1 unspecified atom stereocenters. The van der Waals surface area contributed by atoms with Crippen LogP contribution in [0, 0.1) is 11.8 Å². The van der Waals surface area contributed by atoms with E-state index in [1.807, 2.05) is 0 Å². The molecule has 2 aliphatic rings. The standard InChI is InChI=1S/C18H22O7S/c1-12-10-15(19)14(16-24-8-9-25-16)11-18(12,17(20)23-2)26(21,22)13-6-4-3-5-7-13/h3-7,12,14,16H,8-11H2,1-2H3/t12-,14-,18?/m1/s1. The van der Waals surface area contributed by atoms with Gasteiger partial charge >= 0.3 is 5.97 Å². The lowest BCUT2D eigenvalue weighted by atomic mass is 9.73. The first-order valence-corrected chi connectivity index (χ1v) is 9.97. The predicted octanol–water partition coefficient (Wildman–Crippen LogP) is 1.36. The summed E-state index contributed by atoms with van der Waals surface area (Å²) in [7, 11) is -2.95. The molecule has 0 N–H and O–H groups in total. The molecule has 0 amide bonds. The van der Waals surface area contributed by atoms with E-state index in [1.54, 1.807) is 25.1 Å². The number of methoxy groups -OCH3 is 1. The summed E-state index contributed by atoms with van der Waals surface area (Å²) < 4.78 is 40.9. The van der Waals surface area contributed by atoms with Gasteiger partial charge in [-0.25, -0.2) is 8.42 Å². The van der Waals surface area contributed by atoms with E-state index in [-0.39, 0.29) is 23.5 Å². The Kier molecular flexibility index (Phi) is 5.18. The molecule has 1 aromatic rings. The Morgan fingerprint density at radius 1 is 1.19 bits per heavy atom. The maximum absolute atomic E-state index is 13.5. The molecule has 2 fully saturated rings. The topological polar surface area (TPSA) is 96.0 Å². The van der Waals surface area contributed by atoms with Crippen LogP contribution in [-0.4, -0.2) is 51.5 Å². The minimum atomic E-state index is -4.11. The summed E-state index contributed by atoms with van der Waals surface area (Å²) in [5, 5.41) is 0. The Morgan fingerprint density at radius 2 is 1.81 bits per heavy atom. The zero-order chi connectivity index (χ0) is 18.9. The lowest BCUT2D eigenvalue weighted by molar-refractivity contribution is -0.156. The molecule has 0 aromatic heterocycles. The summed E-state index contributed by atoms with van der Waals surface area (Å²) in [6.45, 7) is 2.27. The summed E-state index contributed by atoms with van der Waals surface area (Å²) >= 11 is 0. The van der Waals surface area contributed by atoms with Gasteiger partial charge in [0.15, 0.2) is 20.9 Å². The first-order chi connectivity index (χ1) is 12.3. The van der Waals surface area contributed by atoms with Gasteiger partial charge in [-0.05, 0) is 24.5 Å². The van der Waals surface area contributed by atoms with Crippen LogP contribution in [0.15, 0.2) is 35.2 Å². The number of esters is 1. The van der Waals surface area contributed by atoms with Gasteiger partial charge in [-0.3, -0.25) is 9.59 Å². The highest BCUT2D eigenvalue weighted by atomic mass is 32.2. The first kappa shape index (κ1) is 19.0. The SMILES string of the molecule is COC(=O)C1(S(=O)(=O)c2ccccc2)C[C@@H](C2OCCO2)C(=O)C[C@H]1C. The normalized spacial score (nSPS) is 30.3. The molecule has 0 spiro atoms. The van der Waals surface area contributed by atoms with Crippen LogP contribution in [0.25, 0.3) is 0 Å². The molecule has 1 aromatic carbocycles. The van der Waals surface area contributed by atoms with Crippen LogP contribution in [0.4, 0.5) is 0 Å². The summed E-state index contributed by atoms with van der Waals surface area (Å²) in [5.41, 5.74) is 0. The average Bonchev–Trinajstić information content (AvgIpc) is 3.16. The van der Waals surface area contributed by atoms with Crippen molar-refractivity contribution in [3.05, 3.63) is 30.3 Å². The Morgan fingerprint density at radius 3 is 2.38 bits per heavy atom. The molecule has 7 nitrogen and oxygen atoms in total. The number of benzene rings is 1. The first-order valence-electron chi connectivity index (χ1n) is 8.48. The van der Waals surface area contributed by atoms with Crippen molar-refractivity contribution in [1.82, 2.24) is 0 Å². The molecule has 8 heteroatoms. The fraction of sp³-hybridized carbons (Fsp3) is 0.556. The van der Waals surface area contributed by atoms with E-state index >= 15 is 0 Å². The van der Waals surface area contributed by atoms with Gasteiger partial charge in [-0.15, -0.1) is 0 Å². The average molecular weight is 382 g/mol. The second-order valence-corrected chi connectivity index (χ2v) is 8.90. The molecule has 0 radical (unpaired) electrons. The largest absolute Gasteiger partial charge is 0.468 e. The van der Waals surface area contributed by atoms with Crippen molar-refractivity contribution in [2.75, 3.05) is 20.3 Å². The Balaban J connectivity index is 2.11. The van der Waals surface area contributed by atoms with E-state index in [0.717, 1.165) is 7.11 Å². The number of ketones is 1. The van der Waals surface area contributed by atoms with Crippen molar-refractivity contribution in [3.63, 3.8) is 0 Å². The van der Waals surface area contributed by atoms with E-state index in [1.165, 1.54) is 12.1 Å². The molecule has 1 heterocycles. The van der Waals surface area contributed by atoms with Crippen molar-refractivity contribution < 1.29 is 32.2 Å². The third-order valence-electron chi connectivity index (χ3n) is 5.28. The van der Waals surface area contributed by atoms with Crippen LogP contribution in [0.1, 0.15) is 19.8 Å². The number of hydrogen-bond acceptors (Lipinski definition) is 7. The van der Waals surface area contributed by atoms with Gasteiger partial charge in [0, 0.05) is 6.42 Å². The number of rotatable bonds is 4. The predicted molar refractivity (Wildman–Crippen MR) is 91.0 cm³/mol. The van der Waals surface area contributed by atoms with Crippen LogP contribution in [-0.2, 0) is 33.6 Å². The Bertz CT molecular complexity index is 783. The smallest absolute Gasteiger partial charge is 0.327 e. The number of Topliss-reactive ketones (excluding diaryl/α,β-unsaturated/α-hetero) is 1. The minimum Gasteiger partial charge on any atom is -0.468 e. The van der Waals surface area contributed by atoms with Gasteiger partial charge in [0.2, 0.25) is 0 Å². The molecule has 1 saturated carbocycles. The van der Waals surface area contributed by atoms with E-state index in [4.69, 9.17) is 14.2 Å². The zero-order valence-electron chi connectivity index (χ0n) is 14.7. The van der Waals surface area contributed by atoms with E-state index in [9.17, 15) is 18.0 Å². The summed E-state index contributed by atoms with van der Waals surface area (Å²) in [5.74, 6) is -2.58. The third kappa shape index (κ3) is 2.86. The Hall–Kier alpha value is -1.77. The molecule has 1 saturated heterocycles. The quantitative estimate of drug-likeness (QED) is 0.726. The van der Waals surface area contributed by atoms with Gasteiger partial charge < -0.3 is 14.2 Å². The molecule has 26 heavy (non-hydrogen) atoms. The van der Waals surface area contributed by atoms with E-state index < -0.39 is 38.7 Å².